The van der Waals surface area contributed by atoms with Crippen molar-refractivity contribution < 1.29 is 22.9 Å². The smallest absolute Gasteiger partial charge is 0.420 e. The Bertz CT molecular complexity index is 1190. The van der Waals surface area contributed by atoms with Crippen LogP contribution in [0.25, 0.3) is 22.5 Å². The second-order valence-corrected chi connectivity index (χ2v) is 6.01. The summed E-state index contributed by atoms with van der Waals surface area (Å²) in [7, 11) is 0. The first kappa shape index (κ1) is 17.7. The molecule has 4 aromatic rings. The van der Waals surface area contributed by atoms with E-state index in [9.17, 15) is 14.0 Å². The van der Waals surface area contributed by atoms with Gasteiger partial charge >= 0.3 is 11.7 Å². The van der Waals surface area contributed by atoms with Crippen molar-refractivity contribution in [3.63, 3.8) is 0 Å². The van der Waals surface area contributed by atoms with E-state index in [1.54, 1.807) is 24.3 Å². The summed E-state index contributed by atoms with van der Waals surface area (Å²) < 4.78 is 29.6. The largest absolute Gasteiger partial charge is 0.454 e. The van der Waals surface area contributed by atoms with Crippen LogP contribution in [-0.2, 0) is 16.1 Å². The van der Waals surface area contributed by atoms with E-state index < -0.39 is 17.8 Å². The van der Waals surface area contributed by atoms with Crippen molar-refractivity contribution in [2.24, 2.45) is 0 Å². The fourth-order valence-corrected chi connectivity index (χ4v) is 2.74. The number of aromatic nitrogens is 3. The topological polar surface area (TPSA) is 100 Å². The zero-order valence-electron chi connectivity index (χ0n) is 14.7. The van der Waals surface area contributed by atoms with E-state index in [0.717, 1.165) is 0 Å². The number of carbonyl (C=O) groups is 1. The zero-order valence-corrected chi connectivity index (χ0v) is 14.7. The first-order valence-corrected chi connectivity index (χ1v) is 8.38. The number of halogens is 1. The summed E-state index contributed by atoms with van der Waals surface area (Å²) in [5, 5.41) is 3.77. The van der Waals surface area contributed by atoms with Gasteiger partial charge in [-0.1, -0.05) is 17.3 Å². The molecule has 2 heterocycles. The van der Waals surface area contributed by atoms with Crippen molar-refractivity contribution in [3.8, 4) is 11.4 Å². The number of hydrogen-bond donors (Lipinski definition) is 0. The van der Waals surface area contributed by atoms with Gasteiger partial charge in [-0.2, -0.15) is 4.98 Å². The van der Waals surface area contributed by atoms with Crippen LogP contribution < -0.4 is 5.76 Å². The molecule has 142 valence electrons. The predicted octanol–water partition coefficient (Wildman–Crippen LogP) is 3.09. The van der Waals surface area contributed by atoms with Crippen molar-refractivity contribution in [2.45, 2.75) is 19.6 Å². The Labute approximate surface area is 157 Å². The molecule has 0 N–H and O–H groups in total. The second-order valence-electron chi connectivity index (χ2n) is 6.01. The number of ether oxygens (including phenoxy) is 1. The molecule has 2 aromatic heterocycles. The molecular formula is C19H14FN3O5. The Morgan fingerprint density at radius 2 is 1.96 bits per heavy atom. The standard InChI is InChI=1S/C19H14FN3O5/c1-11(23-14-4-2-3-5-15(14)27-19(23)25)18(24)26-10-16-21-17(22-28-16)12-6-8-13(20)9-7-12/h2-9,11H,10H2,1H3/t11-/m1/s1. The van der Waals surface area contributed by atoms with Gasteiger partial charge in [0.25, 0.3) is 5.89 Å². The molecule has 28 heavy (non-hydrogen) atoms. The Hall–Kier alpha value is -3.75. The summed E-state index contributed by atoms with van der Waals surface area (Å²) in [6.07, 6.45) is 0. The maximum atomic E-state index is 13.0. The van der Waals surface area contributed by atoms with E-state index in [1.807, 2.05) is 0 Å². The second kappa shape index (κ2) is 7.10. The quantitative estimate of drug-likeness (QED) is 0.488. The normalized spacial score (nSPS) is 12.2. The highest BCUT2D eigenvalue weighted by Gasteiger charge is 2.23. The molecule has 0 fully saturated rings. The molecule has 0 saturated carbocycles. The summed E-state index contributed by atoms with van der Waals surface area (Å²) in [4.78, 5) is 28.5. The van der Waals surface area contributed by atoms with Crippen molar-refractivity contribution >= 4 is 17.1 Å². The van der Waals surface area contributed by atoms with Crippen molar-refractivity contribution in [1.29, 1.82) is 0 Å². The molecular weight excluding hydrogens is 369 g/mol. The van der Waals surface area contributed by atoms with Gasteiger partial charge in [0.15, 0.2) is 12.2 Å². The molecule has 1 atom stereocenters. The molecule has 2 aromatic carbocycles. The molecule has 0 aliphatic carbocycles. The van der Waals surface area contributed by atoms with Crippen LogP contribution in [0, 0.1) is 5.82 Å². The lowest BCUT2D eigenvalue weighted by Gasteiger charge is -2.11. The first-order valence-electron chi connectivity index (χ1n) is 8.38. The van der Waals surface area contributed by atoms with Gasteiger partial charge in [-0.3, -0.25) is 4.57 Å². The number of hydrogen-bond acceptors (Lipinski definition) is 7. The highest BCUT2D eigenvalue weighted by atomic mass is 19.1. The molecule has 0 saturated heterocycles. The molecule has 8 nitrogen and oxygen atoms in total. The highest BCUT2D eigenvalue weighted by molar-refractivity contribution is 5.79. The van der Waals surface area contributed by atoms with Gasteiger partial charge in [-0.15, -0.1) is 0 Å². The third kappa shape index (κ3) is 3.29. The van der Waals surface area contributed by atoms with E-state index >= 15 is 0 Å². The summed E-state index contributed by atoms with van der Waals surface area (Å²) >= 11 is 0. The van der Waals surface area contributed by atoms with Crippen LogP contribution in [-0.4, -0.2) is 20.7 Å². The van der Waals surface area contributed by atoms with E-state index in [2.05, 4.69) is 10.1 Å². The third-order valence-electron chi connectivity index (χ3n) is 4.16. The monoisotopic (exact) mass is 383 g/mol. The van der Waals surface area contributed by atoms with Crippen LogP contribution in [0.3, 0.4) is 0 Å². The average molecular weight is 383 g/mol. The number of benzene rings is 2. The minimum Gasteiger partial charge on any atom is -0.454 e. The van der Waals surface area contributed by atoms with Gasteiger partial charge in [-0.25, -0.2) is 14.0 Å². The number of oxazole rings is 1. The number of nitrogens with zero attached hydrogens (tertiary/aromatic N) is 3. The lowest BCUT2D eigenvalue weighted by atomic mass is 10.2. The Morgan fingerprint density at radius 1 is 1.21 bits per heavy atom. The maximum absolute atomic E-state index is 13.0. The van der Waals surface area contributed by atoms with E-state index in [4.69, 9.17) is 13.7 Å². The number of esters is 1. The number of rotatable bonds is 5. The zero-order chi connectivity index (χ0) is 19.7. The van der Waals surface area contributed by atoms with Crippen molar-refractivity contribution in [2.75, 3.05) is 0 Å². The summed E-state index contributed by atoms with van der Waals surface area (Å²) in [5.74, 6) is -1.37. The minimum atomic E-state index is -0.907. The van der Waals surface area contributed by atoms with E-state index in [1.165, 1.54) is 35.8 Å². The Morgan fingerprint density at radius 3 is 2.75 bits per heavy atom. The lowest BCUT2D eigenvalue weighted by molar-refractivity contribution is -0.149. The molecule has 9 heteroatoms. The Kier molecular flexibility index (Phi) is 4.48. The van der Waals surface area contributed by atoms with Crippen LogP contribution in [0.5, 0.6) is 0 Å². The predicted molar refractivity (Wildman–Crippen MR) is 94.7 cm³/mol. The molecule has 0 amide bonds. The SMILES string of the molecule is C[C@H](C(=O)OCc1nc(-c2ccc(F)cc2)no1)n1c(=O)oc2ccccc21. The van der Waals surface area contributed by atoms with Crippen LogP contribution in [0.4, 0.5) is 4.39 Å². The van der Waals surface area contributed by atoms with Gasteiger partial charge in [0, 0.05) is 5.56 Å². The van der Waals surface area contributed by atoms with Gasteiger partial charge in [0.05, 0.1) is 5.52 Å². The molecule has 0 aliphatic rings. The molecule has 0 spiro atoms. The van der Waals surface area contributed by atoms with Crippen LogP contribution in [0.15, 0.2) is 62.3 Å². The van der Waals surface area contributed by atoms with Crippen LogP contribution >= 0.6 is 0 Å². The molecule has 0 unspecified atom stereocenters. The Balaban J connectivity index is 1.46. The summed E-state index contributed by atoms with van der Waals surface area (Å²) in [6.45, 7) is 1.27. The van der Waals surface area contributed by atoms with Gasteiger partial charge in [-0.05, 0) is 43.3 Å². The fraction of sp³-hybridized carbons (Fsp3) is 0.158. The van der Waals surface area contributed by atoms with Crippen molar-refractivity contribution in [1.82, 2.24) is 14.7 Å². The number of para-hydroxylation sites is 2. The third-order valence-corrected chi connectivity index (χ3v) is 4.16. The molecule has 0 radical (unpaired) electrons. The molecule has 4 rings (SSSR count). The van der Waals surface area contributed by atoms with Gasteiger partial charge in [0.1, 0.15) is 11.9 Å². The highest BCUT2D eigenvalue weighted by Crippen LogP contribution is 2.19. The number of carbonyl (C=O) groups excluding carboxylic acids is 1. The number of fused-ring (bicyclic) bond motifs is 1. The van der Waals surface area contributed by atoms with Crippen LogP contribution in [0.1, 0.15) is 18.9 Å². The minimum absolute atomic E-state index is 0.0734. The summed E-state index contributed by atoms with van der Waals surface area (Å²) in [6, 6.07) is 11.4. The van der Waals surface area contributed by atoms with E-state index in [-0.39, 0.29) is 24.1 Å². The van der Waals surface area contributed by atoms with Crippen molar-refractivity contribution in [3.05, 3.63) is 70.8 Å². The maximum Gasteiger partial charge on any atom is 0.420 e. The molecule has 0 bridgehead atoms. The van der Waals surface area contributed by atoms with E-state index in [0.29, 0.717) is 16.7 Å². The lowest BCUT2D eigenvalue weighted by Crippen LogP contribution is -2.26. The molecule has 0 aliphatic heterocycles. The average Bonchev–Trinajstić information content (AvgIpc) is 3.29. The van der Waals surface area contributed by atoms with Crippen LogP contribution in [0.2, 0.25) is 0 Å². The summed E-state index contributed by atoms with van der Waals surface area (Å²) in [5.41, 5.74) is 1.44. The van der Waals surface area contributed by atoms with Gasteiger partial charge < -0.3 is 13.7 Å². The van der Waals surface area contributed by atoms with Gasteiger partial charge in [0.2, 0.25) is 5.82 Å². The fourth-order valence-electron chi connectivity index (χ4n) is 2.74. The first-order chi connectivity index (χ1) is 13.5.